The summed E-state index contributed by atoms with van der Waals surface area (Å²) < 4.78 is 24.1. The zero-order valence-electron chi connectivity index (χ0n) is 8.60. The van der Waals surface area contributed by atoms with E-state index in [1.165, 1.54) is 24.3 Å². The highest BCUT2D eigenvalue weighted by molar-refractivity contribution is 7.92. The van der Waals surface area contributed by atoms with E-state index >= 15 is 0 Å². The van der Waals surface area contributed by atoms with E-state index in [0.29, 0.717) is 11.3 Å². The van der Waals surface area contributed by atoms with Crippen LogP contribution >= 0.6 is 0 Å². The summed E-state index contributed by atoms with van der Waals surface area (Å²) >= 11 is 0. The Morgan fingerprint density at radius 3 is 2.38 bits per heavy atom. The third-order valence-corrected chi connectivity index (χ3v) is 2.36. The fourth-order valence-corrected chi connectivity index (χ4v) is 1.68. The number of Topliss-reactive ketones (excluding diaryl/α,β-unsaturated/α-hetero) is 1. The number of carbonyl (C=O) groups excluding carboxylic acids is 1. The van der Waals surface area contributed by atoms with E-state index in [-0.39, 0.29) is 12.2 Å². The normalized spacial score (nSPS) is 10.5. The first-order chi connectivity index (χ1) is 7.42. The minimum Gasteiger partial charge on any atom is -0.293 e. The van der Waals surface area contributed by atoms with Crippen LogP contribution in [0.2, 0.25) is 0 Å². The van der Waals surface area contributed by atoms with Crippen LogP contribution in [-0.2, 0) is 10.0 Å². The molecule has 84 valence electrons. The molecule has 0 heterocycles. The van der Waals surface area contributed by atoms with Crippen molar-refractivity contribution < 1.29 is 13.2 Å². The minimum absolute atomic E-state index is 0.182. The maximum Gasteiger partial charge on any atom is 0.229 e. The second-order valence-corrected chi connectivity index (χ2v) is 4.96. The molecular weight excluding hydrogens is 228 g/mol. The number of nitrogens with zero attached hydrogens (tertiary/aromatic N) is 1. The van der Waals surface area contributed by atoms with E-state index in [0.717, 1.165) is 6.26 Å². The second kappa shape index (κ2) is 4.77. The minimum atomic E-state index is -3.31. The maximum atomic E-state index is 11.3. The molecule has 1 N–H and O–H groups in total. The predicted octanol–water partition coefficient (Wildman–Crippen LogP) is 1.15. The Hall–Kier alpha value is -1.87. The van der Waals surface area contributed by atoms with Crippen LogP contribution in [0.15, 0.2) is 24.3 Å². The van der Waals surface area contributed by atoms with Gasteiger partial charge in [0, 0.05) is 11.3 Å². The van der Waals surface area contributed by atoms with Gasteiger partial charge in [0.05, 0.1) is 18.7 Å². The fourth-order valence-electron chi connectivity index (χ4n) is 1.11. The van der Waals surface area contributed by atoms with Crippen molar-refractivity contribution in [2.24, 2.45) is 0 Å². The number of carbonyl (C=O) groups is 1. The number of nitrogens with one attached hydrogen (secondary N) is 1. The lowest BCUT2D eigenvalue weighted by Crippen LogP contribution is -2.09. The lowest BCUT2D eigenvalue weighted by atomic mass is 10.1. The van der Waals surface area contributed by atoms with Crippen LogP contribution < -0.4 is 4.72 Å². The number of ketones is 1. The van der Waals surface area contributed by atoms with Crippen LogP contribution in [-0.4, -0.2) is 20.5 Å². The average Bonchev–Trinajstić information content (AvgIpc) is 2.16. The van der Waals surface area contributed by atoms with Crippen LogP contribution in [0.5, 0.6) is 0 Å². The molecule has 1 aromatic carbocycles. The zero-order chi connectivity index (χ0) is 12.2. The molecule has 6 heteroatoms. The number of hydrogen-bond acceptors (Lipinski definition) is 4. The molecule has 1 rings (SSSR count). The van der Waals surface area contributed by atoms with Crippen molar-refractivity contribution in [2.45, 2.75) is 6.42 Å². The van der Waals surface area contributed by atoms with Gasteiger partial charge >= 0.3 is 0 Å². The van der Waals surface area contributed by atoms with E-state index in [2.05, 4.69) is 4.72 Å². The average molecular weight is 238 g/mol. The molecule has 0 aliphatic carbocycles. The molecule has 0 aliphatic rings. The zero-order valence-corrected chi connectivity index (χ0v) is 9.41. The van der Waals surface area contributed by atoms with E-state index in [9.17, 15) is 13.2 Å². The molecule has 0 spiro atoms. The summed E-state index contributed by atoms with van der Waals surface area (Å²) in [5.74, 6) is -0.284. The lowest BCUT2D eigenvalue weighted by Gasteiger charge is -2.03. The highest BCUT2D eigenvalue weighted by Crippen LogP contribution is 2.12. The van der Waals surface area contributed by atoms with Crippen molar-refractivity contribution in [2.75, 3.05) is 11.0 Å². The summed E-state index contributed by atoms with van der Waals surface area (Å²) in [6.45, 7) is 0. The van der Waals surface area contributed by atoms with E-state index in [1.54, 1.807) is 6.07 Å². The van der Waals surface area contributed by atoms with Crippen molar-refractivity contribution in [1.29, 1.82) is 5.26 Å². The summed E-state index contributed by atoms with van der Waals surface area (Å²) in [4.78, 5) is 11.3. The van der Waals surface area contributed by atoms with Crippen LogP contribution in [0.4, 0.5) is 5.69 Å². The van der Waals surface area contributed by atoms with Crippen LogP contribution in [0.1, 0.15) is 16.8 Å². The van der Waals surface area contributed by atoms with Crippen molar-refractivity contribution >= 4 is 21.5 Å². The number of rotatable bonds is 4. The lowest BCUT2D eigenvalue weighted by molar-refractivity contribution is 0.0998. The molecule has 0 saturated heterocycles. The van der Waals surface area contributed by atoms with Crippen LogP contribution in [0.3, 0.4) is 0 Å². The van der Waals surface area contributed by atoms with Gasteiger partial charge in [0.2, 0.25) is 10.0 Å². The third-order valence-electron chi connectivity index (χ3n) is 1.75. The number of benzene rings is 1. The molecule has 5 nitrogen and oxygen atoms in total. The molecule has 0 fully saturated rings. The van der Waals surface area contributed by atoms with Gasteiger partial charge in [0.1, 0.15) is 0 Å². The quantitative estimate of drug-likeness (QED) is 0.797. The number of sulfonamides is 1. The van der Waals surface area contributed by atoms with Crippen LogP contribution in [0, 0.1) is 11.3 Å². The summed E-state index contributed by atoms with van der Waals surface area (Å²) in [5, 5.41) is 8.34. The molecule has 0 radical (unpaired) electrons. The van der Waals surface area contributed by atoms with Gasteiger partial charge in [-0.25, -0.2) is 8.42 Å². The second-order valence-electron chi connectivity index (χ2n) is 3.21. The van der Waals surface area contributed by atoms with Crippen molar-refractivity contribution in [1.82, 2.24) is 0 Å². The Morgan fingerprint density at radius 1 is 1.38 bits per heavy atom. The monoisotopic (exact) mass is 238 g/mol. The molecule has 0 atom stereocenters. The van der Waals surface area contributed by atoms with Gasteiger partial charge < -0.3 is 0 Å². The maximum absolute atomic E-state index is 11.3. The Kier molecular flexibility index (Phi) is 3.64. The van der Waals surface area contributed by atoms with Gasteiger partial charge in [-0.1, -0.05) is 0 Å². The topological polar surface area (TPSA) is 87.0 Å². The molecule has 0 amide bonds. The highest BCUT2D eigenvalue weighted by atomic mass is 32.2. The van der Waals surface area contributed by atoms with Crippen molar-refractivity contribution in [3.63, 3.8) is 0 Å². The molecular formula is C10H10N2O3S. The summed E-state index contributed by atoms with van der Waals surface area (Å²) in [6.07, 6.45) is 0.862. The number of hydrogen-bond donors (Lipinski definition) is 1. The Bertz CT molecular complexity index is 526. The molecule has 0 unspecified atom stereocenters. The first-order valence-corrected chi connectivity index (χ1v) is 6.29. The van der Waals surface area contributed by atoms with E-state index in [4.69, 9.17) is 5.26 Å². The SMILES string of the molecule is CS(=O)(=O)Nc1ccc(C(=O)CC#N)cc1. The summed E-state index contributed by atoms with van der Waals surface area (Å²) in [5.41, 5.74) is 0.775. The van der Waals surface area contributed by atoms with Gasteiger partial charge in [-0.15, -0.1) is 0 Å². The third kappa shape index (κ3) is 3.71. The largest absolute Gasteiger partial charge is 0.293 e. The number of nitriles is 1. The Balaban J connectivity index is 2.84. The Morgan fingerprint density at radius 2 is 1.94 bits per heavy atom. The van der Waals surface area contributed by atoms with Crippen LogP contribution in [0.25, 0.3) is 0 Å². The van der Waals surface area contributed by atoms with Gasteiger partial charge in [0.25, 0.3) is 0 Å². The summed E-state index contributed by atoms with van der Waals surface area (Å²) in [7, 11) is -3.31. The van der Waals surface area contributed by atoms with Gasteiger partial charge in [0.15, 0.2) is 5.78 Å². The molecule has 0 bridgehead atoms. The van der Waals surface area contributed by atoms with Gasteiger partial charge in [-0.2, -0.15) is 5.26 Å². The number of anilines is 1. The van der Waals surface area contributed by atoms with Crippen molar-refractivity contribution in [3.8, 4) is 6.07 Å². The molecule has 0 aliphatic heterocycles. The van der Waals surface area contributed by atoms with Gasteiger partial charge in [-0.3, -0.25) is 9.52 Å². The van der Waals surface area contributed by atoms with E-state index in [1.807, 2.05) is 0 Å². The first kappa shape index (κ1) is 12.2. The predicted molar refractivity (Wildman–Crippen MR) is 59.5 cm³/mol. The smallest absolute Gasteiger partial charge is 0.229 e. The molecule has 16 heavy (non-hydrogen) atoms. The molecule has 1 aromatic rings. The van der Waals surface area contributed by atoms with Gasteiger partial charge in [-0.05, 0) is 24.3 Å². The molecule has 0 aromatic heterocycles. The first-order valence-electron chi connectivity index (χ1n) is 4.40. The Labute approximate surface area is 93.8 Å². The van der Waals surface area contributed by atoms with E-state index < -0.39 is 10.0 Å². The summed E-state index contributed by atoms with van der Waals surface area (Å²) in [6, 6.07) is 7.67. The van der Waals surface area contributed by atoms with Crippen molar-refractivity contribution in [3.05, 3.63) is 29.8 Å². The standard InChI is InChI=1S/C10H10N2O3S/c1-16(14,15)12-9-4-2-8(3-5-9)10(13)6-7-11/h2-5,12H,6H2,1H3. The fraction of sp³-hybridized carbons (Fsp3) is 0.200. The molecule has 0 saturated carbocycles. The highest BCUT2D eigenvalue weighted by Gasteiger charge is 2.06.